The van der Waals surface area contributed by atoms with E-state index in [-0.39, 0.29) is 12.1 Å². The number of nitrogens with one attached hydrogen (secondary N) is 2. The number of aryl methyl sites for hydroxylation is 1. The van der Waals surface area contributed by atoms with Crippen molar-refractivity contribution in [2.24, 2.45) is 0 Å². The molecular formula is C18H21N3O2. The van der Waals surface area contributed by atoms with Gasteiger partial charge in [0.25, 0.3) is 0 Å². The van der Waals surface area contributed by atoms with Crippen molar-refractivity contribution in [1.29, 1.82) is 0 Å². The maximum atomic E-state index is 12.3. The lowest BCUT2D eigenvalue weighted by Gasteiger charge is -2.20. The Bertz CT molecular complexity index is 673. The van der Waals surface area contributed by atoms with Crippen LogP contribution in [0, 0.1) is 0 Å². The predicted molar refractivity (Wildman–Crippen MR) is 89.7 cm³/mol. The van der Waals surface area contributed by atoms with E-state index in [1.807, 2.05) is 37.3 Å². The van der Waals surface area contributed by atoms with Crippen LogP contribution in [0.25, 0.3) is 0 Å². The zero-order chi connectivity index (χ0) is 16.1. The van der Waals surface area contributed by atoms with Crippen molar-refractivity contribution in [1.82, 2.24) is 10.3 Å². The third kappa shape index (κ3) is 3.80. The molecule has 2 N–H and O–H groups in total. The van der Waals surface area contributed by atoms with Gasteiger partial charge < -0.3 is 15.4 Å². The lowest BCUT2D eigenvalue weighted by Crippen LogP contribution is -2.32. The summed E-state index contributed by atoms with van der Waals surface area (Å²) in [6, 6.07) is 9.39. The highest BCUT2D eigenvalue weighted by Gasteiger charge is 2.14. The second-order valence-corrected chi connectivity index (χ2v) is 5.61. The summed E-state index contributed by atoms with van der Waals surface area (Å²) in [5.74, 6) is 0.922. The summed E-state index contributed by atoms with van der Waals surface area (Å²) in [7, 11) is 0. The fraction of sp³-hybridized carbons (Fsp3) is 0.333. The van der Waals surface area contributed by atoms with E-state index in [0.717, 1.165) is 48.4 Å². The first-order valence-electron chi connectivity index (χ1n) is 7.99. The molecule has 0 fully saturated rings. The van der Waals surface area contributed by atoms with E-state index in [9.17, 15) is 4.79 Å². The summed E-state index contributed by atoms with van der Waals surface area (Å²) in [4.78, 5) is 16.3. The lowest BCUT2D eigenvalue weighted by atomic mass is 10.1. The Balaban J connectivity index is 1.64. The molecule has 0 bridgehead atoms. The zero-order valence-electron chi connectivity index (χ0n) is 13.2. The van der Waals surface area contributed by atoms with Crippen LogP contribution in [-0.4, -0.2) is 17.6 Å². The third-order valence-corrected chi connectivity index (χ3v) is 3.99. The highest BCUT2D eigenvalue weighted by Crippen LogP contribution is 2.27. The Morgan fingerprint density at radius 2 is 2.13 bits per heavy atom. The van der Waals surface area contributed by atoms with Crippen molar-refractivity contribution < 1.29 is 9.53 Å². The van der Waals surface area contributed by atoms with Gasteiger partial charge in [0.2, 0.25) is 0 Å². The van der Waals surface area contributed by atoms with Crippen molar-refractivity contribution >= 4 is 11.7 Å². The van der Waals surface area contributed by atoms with Gasteiger partial charge in [0.15, 0.2) is 0 Å². The van der Waals surface area contributed by atoms with Crippen molar-refractivity contribution in [2.75, 3.05) is 11.9 Å². The smallest absolute Gasteiger partial charge is 0.319 e. The molecule has 0 saturated carbocycles. The minimum Gasteiger partial charge on any atom is -0.493 e. The number of rotatable bonds is 4. The highest BCUT2D eigenvalue weighted by atomic mass is 16.5. The van der Waals surface area contributed by atoms with Crippen LogP contribution in [0.4, 0.5) is 10.5 Å². The third-order valence-electron chi connectivity index (χ3n) is 3.99. The second-order valence-electron chi connectivity index (χ2n) is 5.61. The fourth-order valence-electron chi connectivity index (χ4n) is 2.78. The standard InChI is InChI=1S/C18H21N3O2/c1-2-16(13-7-9-19-10-8-13)21-18(22)20-15-5-6-17-14(12-15)4-3-11-23-17/h5-10,12,16H,2-4,11H2,1H3,(H2,20,21,22). The van der Waals surface area contributed by atoms with Crippen LogP contribution in [0.1, 0.15) is 36.9 Å². The quantitative estimate of drug-likeness (QED) is 0.905. The molecule has 0 aliphatic carbocycles. The molecule has 2 amide bonds. The van der Waals surface area contributed by atoms with Crippen molar-refractivity contribution in [2.45, 2.75) is 32.2 Å². The molecule has 0 radical (unpaired) electrons. The Kier molecular flexibility index (Phi) is 4.76. The van der Waals surface area contributed by atoms with Gasteiger partial charge in [-0.3, -0.25) is 4.98 Å². The minimum atomic E-state index is -0.203. The maximum absolute atomic E-state index is 12.3. The highest BCUT2D eigenvalue weighted by molar-refractivity contribution is 5.89. The van der Waals surface area contributed by atoms with Gasteiger partial charge in [0.1, 0.15) is 5.75 Å². The number of hydrogen-bond donors (Lipinski definition) is 2. The summed E-state index contributed by atoms with van der Waals surface area (Å²) in [6.45, 7) is 2.81. The van der Waals surface area contributed by atoms with Gasteiger partial charge in [-0.2, -0.15) is 0 Å². The molecule has 0 saturated heterocycles. The van der Waals surface area contributed by atoms with Crippen molar-refractivity contribution in [3.63, 3.8) is 0 Å². The Morgan fingerprint density at radius 3 is 2.91 bits per heavy atom. The van der Waals surface area contributed by atoms with Gasteiger partial charge in [0, 0.05) is 18.1 Å². The molecule has 5 nitrogen and oxygen atoms in total. The average molecular weight is 311 g/mol. The number of anilines is 1. The first kappa shape index (κ1) is 15.3. The molecule has 3 rings (SSSR count). The summed E-state index contributed by atoms with van der Waals surface area (Å²) in [6.07, 6.45) is 6.29. The van der Waals surface area contributed by atoms with Crippen LogP contribution in [0.2, 0.25) is 0 Å². The van der Waals surface area contributed by atoms with Crippen LogP contribution in [0.3, 0.4) is 0 Å². The van der Waals surface area contributed by atoms with E-state index in [1.54, 1.807) is 12.4 Å². The van der Waals surface area contributed by atoms with Gasteiger partial charge in [-0.1, -0.05) is 6.92 Å². The summed E-state index contributed by atoms with van der Waals surface area (Å²) in [5, 5.41) is 5.91. The van der Waals surface area contributed by atoms with E-state index in [0.29, 0.717) is 0 Å². The fourth-order valence-corrected chi connectivity index (χ4v) is 2.78. The maximum Gasteiger partial charge on any atom is 0.319 e. The molecule has 2 heterocycles. The Labute approximate surface area is 136 Å². The number of urea groups is 1. The summed E-state index contributed by atoms with van der Waals surface area (Å²) < 4.78 is 5.59. The topological polar surface area (TPSA) is 63.2 Å². The van der Waals surface area contributed by atoms with Crippen molar-refractivity contribution in [3.8, 4) is 5.75 Å². The van der Waals surface area contributed by atoms with E-state index >= 15 is 0 Å². The Hall–Kier alpha value is -2.56. The number of carbonyl (C=O) groups excluding carboxylic acids is 1. The number of aromatic nitrogens is 1. The van der Waals surface area contributed by atoms with E-state index < -0.39 is 0 Å². The molecule has 1 aromatic carbocycles. The molecule has 2 aromatic rings. The monoisotopic (exact) mass is 311 g/mol. The normalized spacial score (nSPS) is 14.3. The summed E-state index contributed by atoms with van der Waals surface area (Å²) >= 11 is 0. The van der Waals surface area contributed by atoms with E-state index in [2.05, 4.69) is 15.6 Å². The molecule has 0 spiro atoms. The number of amides is 2. The van der Waals surface area contributed by atoms with Gasteiger partial charge in [-0.25, -0.2) is 4.79 Å². The van der Waals surface area contributed by atoms with Crippen LogP contribution >= 0.6 is 0 Å². The van der Waals surface area contributed by atoms with Crippen LogP contribution in [0.15, 0.2) is 42.7 Å². The van der Waals surface area contributed by atoms with Crippen LogP contribution in [0.5, 0.6) is 5.75 Å². The largest absolute Gasteiger partial charge is 0.493 e. The predicted octanol–water partition coefficient (Wildman–Crippen LogP) is 3.68. The van der Waals surface area contributed by atoms with Gasteiger partial charge in [-0.15, -0.1) is 0 Å². The van der Waals surface area contributed by atoms with Crippen molar-refractivity contribution in [3.05, 3.63) is 53.9 Å². The van der Waals surface area contributed by atoms with Gasteiger partial charge in [-0.05, 0) is 60.7 Å². The average Bonchev–Trinajstić information content (AvgIpc) is 2.60. The molecule has 23 heavy (non-hydrogen) atoms. The number of hydrogen-bond acceptors (Lipinski definition) is 3. The lowest BCUT2D eigenvalue weighted by molar-refractivity contribution is 0.248. The summed E-state index contributed by atoms with van der Waals surface area (Å²) in [5.41, 5.74) is 2.99. The van der Waals surface area contributed by atoms with Gasteiger partial charge >= 0.3 is 6.03 Å². The molecule has 1 aliphatic heterocycles. The molecular weight excluding hydrogens is 290 g/mol. The SMILES string of the molecule is CCC(NC(=O)Nc1ccc2c(c1)CCCO2)c1ccncc1. The Morgan fingerprint density at radius 1 is 1.30 bits per heavy atom. The number of nitrogens with zero attached hydrogens (tertiary/aromatic N) is 1. The second kappa shape index (κ2) is 7.13. The van der Waals surface area contributed by atoms with Gasteiger partial charge in [0.05, 0.1) is 12.6 Å². The molecule has 1 aliphatic rings. The molecule has 120 valence electrons. The van der Waals surface area contributed by atoms with E-state index in [4.69, 9.17) is 4.74 Å². The number of carbonyl (C=O) groups is 1. The number of fused-ring (bicyclic) bond motifs is 1. The van der Waals surface area contributed by atoms with Crippen LogP contribution in [-0.2, 0) is 6.42 Å². The number of ether oxygens (including phenoxy) is 1. The van der Waals surface area contributed by atoms with Crippen LogP contribution < -0.4 is 15.4 Å². The first-order chi connectivity index (χ1) is 11.3. The zero-order valence-corrected chi connectivity index (χ0v) is 13.2. The molecule has 1 atom stereocenters. The minimum absolute atomic E-state index is 0.0287. The molecule has 1 unspecified atom stereocenters. The number of benzene rings is 1. The number of pyridine rings is 1. The first-order valence-corrected chi connectivity index (χ1v) is 7.99. The molecule has 5 heteroatoms. The van der Waals surface area contributed by atoms with E-state index in [1.165, 1.54) is 0 Å². The molecule has 1 aromatic heterocycles.